The SMILES string of the molecule is O=C1CC(C(=O)Nc2nnc(C3CC3)s2)c2ccccc2N1. The second-order valence-electron chi connectivity index (χ2n) is 5.60. The zero-order valence-electron chi connectivity index (χ0n) is 11.7. The Bertz CT molecular complexity index is 754. The first kappa shape index (κ1) is 13.4. The average molecular weight is 314 g/mol. The van der Waals surface area contributed by atoms with Crippen LogP contribution in [0.5, 0.6) is 0 Å². The van der Waals surface area contributed by atoms with Gasteiger partial charge in [0, 0.05) is 18.0 Å². The second kappa shape index (κ2) is 5.17. The number of carbonyl (C=O) groups is 2. The predicted molar refractivity (Wildman–Crippen MR) is 82.9 cm³/mol. The number of para-hydroxylation sites is 1. The van der Waals surface area contributed by atoms with Gasteiger partial charge in [-0.3, -0.25) is 14.9 Å². The van der Waals surface area contributed by atoms with Gasteiger partial charge in [0.05, 0.1) is 5.92 Å². The lowest BCUT2D eigenvalue weighted by Gasteiger charge is -2.24. The monoisotopic (exact) mass is 314 g/mol. The molecule has 7 heteroatoms. The molecule has 1 aromatic carbocycles. The van der Waals surface area contributed by atoms with E-state index in [2.05, 4.69) is 20.8 Å². The molecule has 4 rings (SSSR count). The molecule has 0 saturated heterocycles. The Balaban J connectivity index is 1.55. The number of nitrogens with one attached hydrogen (secondary N) is 2. The third-order valence-electron chi connectivity index (χ3n) is 3.91. The summed E-state index contributed by atoms with van der Waals surface area (Å²) in [6.45, 7) is 0. The summed E-state index contributed by atoms with van der Waals surface area (Å²) in [5.74, 6) is -0.321. The minimum absolute atomic E-state index is 0.144. The number of anilines is 2. The maximum atomic E-state index is 12.5. The number of amides is 2. The van der Waals surface area contributed by atoms with Gasteiger partial charge in [0.2, 0.25) is 16.9 Å². The minimum atomic E-state index is -0.488. The molecule has 1 saturated carbocycles. The molecule has 1 aliphatic carbocycles. The van der Waals surface area contributed by atoms with Gasteiger partial charge in [-0.05, 0) is 24.5 Å². The number of hydrogen-bond acceptors (Lipinski definition) is 5. The topological polar surface area (TPSA) is 84.0 Å². The molecule has 2 heterocycles. The summed E-state index contributed by atoms with van der Waals surface area (Å²) < 4.78 is 0. The molecule has 2 aliphatic rings. The molecular weight excluding hydrogens is 300 g/mol. The molecule has 6 nitrogen and oxygen atoms in total. The maximum absolute atomic E-state index is 12.5. The van der Waals surface area contributed by atoms with Crippen molar-refractivity contribution in [2.75, 3.05) is 10.6 Å². The summed E-state index contributed by atoms with van der Waals surface area (Å²) in [5, 5.41) is 15.2. The van der Waals surface area contributed by atoms with Crippen LogP contribution in [0.3, 0.4) is 0 Å². The van der Waals surface area contributed by atoms with Crippen LogP contribution in [0.4, 0.5) is 10.8 Å². The van der Waals surface area contributed by atoms with E-state index < -0.39 is 5.92 Å². The normalized spacial score (nSPS) is 20.2. The number of rotatable bonds is 3. The number of hydrogen-bond donors (Lipinski definition) is 2. The summed E-state index contributed by atoms with van der Waals surface area (Å²) in [6.07, 6.45) is 2.45. The summed E-state index contributed by atoms with van der Waals surface area (Å²) in [6, 6.07) is 7.39. The Morgan fingerprint density at radius 3 is 2.91 bits per heavy atom. The Hall–Kier alpha value is -2.28. The Morgan fingerprint density at radius 2 is 2.09 bits per heavy atom. The van der Waals surface area contributed by atoms with Crippen molar-refractivity contribution in [3.8, 4) is 0 Å². The van der Waals surface area contributed by atoms with Crippen molar-refractivity contribution in [3.63, 3.8) is 0 Å². The molecule has 1 aliphatic heterocycles. The zero-order chi connectivity index (χ0) is 15.1. The van der Waals surface area contributed by atoms with Crippen LogP contribution in [0.2, 0.25) is 0 Å². The van der Waals surface area contributed by atoms with Crippen molar-refractivity contribution in [2.45, 2.75) is 31.1 Å². The van der Waals surface area contributed by atoms with Crippen molar-refractivity contribution in [1.82, 2.24) is 10.2 Å². The molecular formula is C15H14N4O2S. The van der Waals surface area contributed by atoms with Crippen LogP contribution in [-0.4, -0.2) is 22.0 Å². The van der Waals surface area contributed by atoms with Crippen LogP contribution >= 0.6 is 11.3 Å². The van der Waals surface area contributed by atoms with E-state index in [9.17, 15) is 9.59 Å². The molecule has 1 unspecified atom stereocenters. The van der Waals surface area contributed by atoms with Crippen LogP contribution in [0.25, 0.3) is 0 Å². The highest BCUT2D eigenvalue weighted by Crippen LogP contribution is 2.42. The molecule has 0 spiro atoms. The summed E-state index contributed by atoms with van der Waals surface area (Å²) in [7, 11) is 0. The quantitative estimate of drug-likeness (QED) is 0.911. The van der Waals surface area contributed by atoms with E-state index in [-0.39, 0.29) is 18.2 Å². The Kier molecular flexibility index (Phi) is 3.15. The molecule has 112 valence electrons. The van der Waals surface area contributed by atoms with Crippen molar-refractivity contribution in [3.05, 3.63) is 34.8 Å². The fourth-order valence-corrected chi connectivity index (χ4v) is 3.53. The number of carbonyl (C=O) groups excluding carboxylic acids is 2. The number of benzene rings is 1. The van der Waals surface area contributed by atoms with Crippen molar-refractivity contribution < 1.29 is 9.59 Å². The fourth-order valence-electron chi connectivity index (χ4n) is 2.62. The molecule has 2 N–H and O–H groups in total. The molecule has 2 aromatic rings. The third kappa shape index (κ3) is 2.48. The van der Waals surface area contributed by atoms with E-state index in [4.69, 9.17) is 0 Å². The van der Waals surface area contributed by atoms with E-state index in [1.807, 2.05) is 24.3 Å². The van der Waals surface area contributed by atoms with Gasteiger partial charge in [0.15, 0.2) is 0 Å². The highest BCUT2D eigenvalue weighted by Gasteiger charge is 2.32. The number of nitrogens with zero attached hydrogens (tertiary/aromatic N) is 2. The third-order valence-corrected chi connectivity index (χ3v) is 4.91. The van der Waals surface area contributed by atoms with Crippen molar-refractivity contribution in [2.24, 2.45) is 0 Å². The summed E-state index contributed by atoms with van der Waals surface area (Å²) in [5.41, 5.74) is 1.54. The van der Waals surface area contributed by atoms with Crippen LogP contribution in [0.15, 0.2) is 24.3 Å². The lowest BCUT2D eigenvalue weighted by Crippen LogP contribution is -2.30. The smallest absolute Gasteiger partial charge is 0.234 e. The van der Waals surface area contributed by atoms with Gasteiger partial charge in [0.1, 0.15) is 5.01 Å². The largest absolute Gasteiger partial charge is 0.326 e. The molecule has 1 fully saturated rings. The predicted octanol–water partition coefficient (Wildman–Crippen LogP) is 2.48. The van der Waals surface area contributed by atoms with E-state index in [0.29, 0.717) is 16.7 Å². The first-order chi connectivity index (χ1) is 10.7. The average Bonchev–Trinajstić information content (AvgIpc) is 3.26. The molecule has 2 amide bonds. The highest BCUT2D eigenvalue weighted by atomic mass is 32.1. The Labute approximate surface area is 131 Å². The summed E-state index contributed by atoms with van der Waals surface area (Å²) in [4.78, 5) is 24.3. The van der Waals surface area contributed by atoms with Gasteiger partial charge in [-0.15, -0.1) is 10.2 Å². The molecule has 22 heavy (non-hydrogen) atoms. The highest BCUT2D eigenvalue weighted by molar-refractivity contribution is 7.15. The van der Waals surface area contributed by atoms with Gasteiger partial charge >= 0.3 is 0 Å². The fraction of sp³-hybridized carbons (Fsp3) is 0.333. The van der Waals surface area contributed by atoms with Crippen LogP contribution in [0.1, 0.15) is 41.7 Å². The van der Waals surface area contributed by atoms with E-state index in [1.54, 1.807) is 0 Å². The summed E-state index contributed by atoms with van der Waals surface area (Å²) >= 11 is 1.42. The number of aromatic nitrogens is 2. The molecule has 0 radical (unpaired) electrons. The van der Waals surface area contributed by atoms with Crippen molar-refractivity contribution >= 4 is 34.0 Å². The van der Waals surface area contributed by atoms with E-state index in [1.165, 1.54) is 11.3 Å². The zero-order valence-corrected chi connectivity index (χ0v) is 12.5. The van der Waals surface area contributed by atoms with Gasteiger partial charge in [-0.2, -0.15) is 0 Å². The van der Waals surface area contributed by atoms with Crippen molar-refractivity contribution in [1.29, 1.82) is 0 Å². The molecule has 0 bridgehead atoms. The van der Waals surface area contributed by atoms with Crippen LogP contribution in [0, 0.1) is 0 Å². The van der Waals surface area contributed by atoms with Gasteiger partial charge in [0.25, 0.3) is 0 Å². The lowest BCUT2D eigenvalue weighted by atomic mass is 9.90. The van der Waals surface area contributed by atoms with Crippen LogP contribution < -0.4 is 10.6 Å². The Morgan fingerprint density at radius 1 is 1.27 bits per heavy atom. The van der Waals surface area contributed by atoms with Gasteiger partial charge < -0.3 is 5.32 Å². The van der Waals surface area contributed by atoms with E-state index >= 15 is 0 Å². The molecule has 1 atom stereocenters. The maximum Gasteiger partial charge on any atom is 0.234 e. The number of fused-ring (bicyclic) bond motifs is 1. The standard InChI is InChI=1S/C15H14N4O2S/c20-12-7-10(9-3-1-2-4-11(9)16-12)13(21)17-15-19-18-14(22-15)8-5-6-8/h1-4,8,10H,5-7H2,(H,16,20)(H,17,19,21). The van der Waals surface area contributed by atoms with Gasteiger partial charge in [-0.1, -0.05) is 29.5 Å². The van der Waals surface area contributed by atoms with Gasteiger partial charge in [-0.25, -0.2) is 0 Å². The minimum Gasteiger partial charge on any atom is -0.326 e. The molecule has 1 aromatic heterocycles. The first-order valence-electron chi connectivity index (χ1n) is 7.24. The first-order valence-corrected chi connectivity index (χ1v) is 8.05. The van der Waals surface area contributed by atoms with E-state index in [0.717, 1.165) is 23.4 Å². The lowest BCUT2D eigenvalue weighted by molar-refractivity contribution is -0.123. The second-order valence-corrected chi connectivity index (χ2v) is 6.61. The van der Waals surface area contributed by atoms with Crippen LogP contribution in [-0.2, 0) is 9.59 Å².